The van der Waals surface area contributed by atoms with Crippen LogP contribution >= 0.6 is 15.9 Å². The van der Waals surface area contributed by atoms with E-state index in [9.17, 15) is 13.6 Å². The zero-order chi connectivity index (χ0) is 19.4. The Balaban J connectivity index is 1.84. The van der Waals surface area contributed by atoms with Gasteiger partial charge in [0.15, 0.2) is 0 Å². The molecule has 2 atom stereocenters. The Hall–Kier alpha value is -2.25. The van der Waals surface area contributed by atoms with Gasteiger partial charge in [-0.05, 0) is 40.1 Å². The van der Waals surface area contributed by atoms with Crippen LogP contribution in [0, 0.1) is 5.82 Å². The minimum Gasteiger partial charge on any atom is -0.444 e. The first-order valence-corrected chi connectivity index (χ1v) is 9.30. The molecule has 1 fully saturated rings. The molecule has 2 aromatic carbocycles. The van der Waals surface area contributed by atoms with Crippen LogP contribution in [-0.4, -0.2) is 29.8 Å². The smallest absolute Gasteiger partial charge is 0.414 e. The Morgan fingerprint density at radius 3 is 2.74 bits per heavy atom. The van der Waals surface area contributed by atoms with Crippen LogP contribution in [-0.2, 0) is 11.3 Å². The van der Waals surface area contributed by atoms with Crippen molar-refractivity contribution >= 4 is 28.1 Å². The summed E-state index contributed by atoms with van der Waals surface area (Å²) >= 11 is 3.12. The summed E-state index contributed by atoms with van der Waals surface area (Å²) in [4.78, 5) is 13.8. The number of benzene rings is 2. The molecular formula is C20H19BrF2N2O2. The van der Waals surface area contributed by atoms with Crippen molar-refractivity contribution in [2.24, 2.45) is 5.73 Å². The SMILES string of the molecule is N[C@@H]1/C(=C\c2cccc(Br)c2F)N(C(=O)OCc2ccccc2)CC[C@@H]1F. The first-order valence-electron chi connectivity index (χ1n) is 8.51. The summed E-state index contributed by atoms with van der Waals surface area (Å²) in [6, 6.07) is 12.9. The summed E-state index contributed by atoms with van der Waals surface area (Å²) in [5, 5.41) is 0. The number of piperidine rings is 1. The number of carbonyl (C=O) groups is 1. The Labute approximate surface area is 164 Å². The molecule has 1 amide bonds. The van der Waals surface area contributed by atoms with Crippen molar-refractivity contribution in [1.82, 2.24) is 4.90 Å². The van der Waals surface area contributed by atoms with E-state index in [2.05, 4.69) is 15.9 Å². The minimum atomic E-state index is -1.32. The van der Waals surface area contributed by atoms with Gasteiger partial charge in [-0.15, -0.1) is 0 Å². The number of carbonyl (C=O) groups excluding carboxylic acids is 1. The second-order valence-electron chi connectivity index (χ2n) is 6.23. The van der Waals surface area contributed by atoms with Crippen molar-refractivity contribution < 1.29 is 18.3 Å². The third kappa shape index (κ3) is 4.54. The van der Waals surface area contributed by atoms with Crippen LogP contribution in [0.25, 0.3) is 6.08 Å². The molecule has 142 valence electrons. The average Bonchev–Trinajstić information content (AvgIpc) is 2.68. The standard InChI is InChI=1S/C20H19BrF2N2O2/c21-15-8-4-7-14(18(15)23)11-17-19(24)16(22)9-10-25(17)20(26)27-12-13-5-2-1-3-6-13/h1-8,11,16,19H,9-10,12,24H2/b17-11+/t16-,19-/m0/s1. The third-order valence-electron chi connectivity index (χ3n) is 4.38. The number of rotatable bonds is 3. The van der Waals surface area contributed by atoms with E-state index in [1.807, 2.05) is 30.3 Å². The van der Waals surface area contributed by atoms with E-state index >= 15 is 0 Å². The first kappa shape index (κ1) is 19.5. The Bertz CT molecular complexity index is 845. The third-order valence-corrected chi connectivity index (χ3v) is 4.99. The predicted octanol–water partition coefficient (Wildman–Crippen LogP) is 4.64. The summed E-state index contributed by atoms with van der Waals surface area (Å²) in [6.45, 7) is 0.201. The zero-order valence-corrected chi connectivity index (χ0v) is 16.0. The number of alkyl halides is 1. The van der Waals surface area contributed by atoms with E-state index in [0.29, 0.717) is 0 Å². The maximum absolute atomic E-state index is 14.3. The summed E-state index contributed by atoms with van der Waals surface area (Å²) in [5.74, 6) is -0.504. The quantitative estimate of drug-likeness (QED) is 0.762. The summed E-state index contributed by atoms with van der Waals surface area (Å²) in [5.41, 5.74) is 7.21. The highest BCUT2D eigenvalue weighted by atomic mass is 79.9. The van der Waals surface area contributed by atoms with Gasteiger partial charge in [0.1, 0.15) is 18.6 Å². The van der Waals surface area contributed by atoms with Gasteiger partial charge in [-0.1, -0.05) is 42.5 Å². The van der Waals surface area contributed by atoms with Crippen LogP contribution in [0.15, 0.2) is 58.7 Å². The van der Waals surface area contributed by atoms with Crippen LogP contribution in [0.2, 0.25) is 0 Å². The fourth-order valence-corrected chi connectivity index (χ4v) is 3.27. The molecule has 1 aliphatic rings. The summed E-state index contributed by atoms with van der Waals surface area (Å²) in [6.07, 6.45) is -0.451. The van der Waals surface area contributed by atoms with Gasteiger partial charge in [-0.2, -0.15) is 0 Å². The Kier molecular flexibility index (Phi) is 6.23. The topological polar surface area (TPSA) is 55.6 Å². The molecule has 0 spiro atoms. The summed E-state index contributed by atoms with van der Waals surface area (Å²) in [7, 11) is 0. The molecule has 27 heavy (non-hydrogen) atoms. The fraction of sp³-hybridized carbons (Fsp3) is 0.250. The molecule has 0 unspecified atom stereocenters. The molecule has 2 N–H and O–H groups in total. The number of ether oxygens (including phenoxy) is 1. The van der Waals surface area contributed by atoms with E-state index in [4.69, 9.17) is 10.5 Å². The van der Waals surface area contributed by atoms with E-state index in [1.54, 1.807) is 12.1 Å². The molecule has 1 saturated heterocycles. The van der Waals surface area contributed by atoms with Crippen LogP contribution in [0.1, 0.15) is 17.5 Å². The van der Waals surface area contributed by atoms with Crippen molar-refractivity contribution in [3.05, 3.63) is 75.6 Å². The number of hydrogen-bond donors (Lipinski definition) is 1. The monoisotopic (exact) mass is 436 g/mol. The van der Waals surface area contributed by atoms with Crippen LogP contribution < -0.4 is 5.73 Å². The van der Waals surface area contributed by atoms with Crippen LogP contribution in [0.3, 0.4) is 0 Å². The molecule has 0 aromatic heterocycles. The predicted molar refractivity (Wildman–Crippen MR) is 103 cm³/mol. The number of hydrogen-bond acceptors (Lipinski definition) is 3. The number of likely N-dealkylation sites (tertiary alicyclic amines) is 1. The molecule has 4 nitrogen and oxygen atoms in total. The Morgan fingerprint density at radius 1 is 1.26 bits per heavy atom. The van der Waals surface area contributed by atoms with Crippen molar-refractivity contribution in [2.75, 3.05) is 6.54 Å². The van der Waals surface area contributed by atoms with Gasteiger partial charge in [-0.25, -0.2) is 13.6 Å². The highest BCUT2D eigenvalue weighted by Crippen LogP contribution is 2.28. The molecular weight excluding hydrogens is 418 g/mol. The Morgan fingerprint density at radius 2 is 2.00 bits per heavy atom. The fourth-order valence-electron chi connectivity index (χ4n) is 2.89. The maximum Gasteiger partial charge on any atom is 0.414 e. The van der Waals surface area contributed by atoms with Gasteiger partial charge in [0.25, 0.3) is 0 Å². The highest BCUT2D eigenvalue weighted by Gasteiger charge is 2.35. The van der Waals surface area contributed by atoms with Gasteiger partial charge >= 0.3 is 6.09 Å². The molecule has 1 heterocycles. The lowest BCUT2D eigenvalue weighted by Crippen LogP contribution is -2.49. The van der Waals surface area contributed by atoms with Crippen molar-refractivity contribution in [3.63, 3.8) is 0 Å². The van der Waals surface area contributed by atoms with Gasteiger partial charge in [0.05, 0.1) is 10.5 Å². The lowest BCUT2D eigenvalue weighted by atomic mass is 9.98. The normalized spacial score (nSPS) is 21.3. The summed E-state index contributed by atoms with van der Waals surface area (Å²) < 4.78 is 34.1. The van der Waals surface area contributed by atoms with Crippen LogP contribution in [0.5, 0.6) is 0 Å². The molecule has 0 radical (unpaired) electrons. The molecule has 2 aromatic rings. The van der Waals surface area contributed by atoms with Gasteiger partial charge < -0.3 is 10.5 Å². The van der Waals surface area contributed by atoms with Gasteiger partial charge in [-0.3, -0.25) is 4.90 Å². The maximum atomic E-state index is 14.3. The van der Waals surface area contributed by atoms with Gasteiger partial charge in [0, 0.05) is 17.8 Å². The minimum absolute atomic E-state index is 0.0863. The van der Waals surface area contributed by atoms with E-state index in [1.165, 1.54) is 17.0 Å². The lowest BCUT2D eigenvalue weighted by Gasteiger charge is -2.35. The molecule has 3 rings (SSSR count). The molecule has 7 heteroatoms. The van der Waals surface area contributed by atoms with Gasteiger partial charge in [0.2, 0.25) is 0 Å². The molecule has 0 bridgehead atoms. The lowest BCUT2D eigenvalue weighted by molar-refractivity contribution is 0.0896. The first-order chi connectivity index (χ1) is 13.0. The van der Waals surface area contributed by atoms with Crippen molar-refractivity contribution in [2.45, 2.75) is 25.2 Å². The molecule has 1 aliphatic heterocycles. The van der Waals surface area contributed by atoms with Crippen LogP contribution in [0.4, 0.5) is 13.6 Å². The number of amides is 1. The second-order valence-corrected chi connectivity index (χ2v) is 7.09. The van der Waals surface area contributed by atoms with Crippen molar-refractivity contribution in [3.8, 4) is 0 Å². The zero-order valence-electron chi connectivity index (χ0n) is 14.4. The van der Waals surface area contributed by atoms with E-state index in [0.717, 1.165) is 5.56 Å². The number of nitrogens with zero attached hydrogens (tertiary/aromatic N) is 1. The molecule has 0 aliphatic carbocycles. The second kappa shape index (κ2) is 8.63. The highest BCUT2D eigenvalue weighted by molar-refractivity contribution is 9.10. The molecule has 0 saturated carbocycles. The average molecular weight is 437 g/mol. The van der Waals surface area contributed by atoms with Crippen molar-refractivity contribution in [1.29, 1.82) is 0 Å². The van der Waals surface area contributed by atoms with E-state index < -0.39 is 24.1 Å². The largest absolute Gasteiger partial charge is 0.444 e. The number of nitrogens with two attached hydrogens (primary N) is 1. The van der Waals surface area contributed by atoms with E-state index in [-0.39, 0.29) is 35.3 Å². The number of halogens is 3.